The molecule has 1 heterocycles. The lowest BCUT2D eigenvalue weighted by molar-refractivity contribution is 0.201. The van der Waals surface area contributed by atoms with Gasteiger partial charge in [-0.1, -0.05) is 57.8 Å². The van der Waals surface area contributed by atoms with Crippen LogP contribution in [0.2, 0.25) is 0 Å². The first-order valence-corrected chi connectivity index (χ1v) is 10.9. The summed E-state index contributed by atoms with van der Waals surface area (Å²) in [5, 5.41) is 9.23. The van der Waals surface area contributed by atoms with Gasteiger partial charge >= 0.3 is 0 Å². The Labute approximate surface area is 152 Å². The predicted molar refractivity (Wildman–Crippen MR) is 106 cm³/mol. The summed E-state index contributed by atoms with van der Waals surface area (Å²) in [4.78, 5) is 2.92. The van der Waals surface area contributed by atoms with Crippen LogP contribution in [0.5, 0.6) is 0 Å². The summed E-state index contributed by atoms with van der Waals surface area (Å²) in [6, 6.07) is 4.53. The first kappa shape index (κ1) is 19.9. The van der Waals surface area contributed by atoms with Crippen molar-refractivity contribution >= 4 is 11.3 Å². The van der Waals surface area contributed by atoms with Gasteiger partial charge in [-0.25, -0.2) is 0 Å². The van der Waals surface area contributed by atoms with Crippen molar-refractivity contribution in [2.45, 2.75) is 95.9 Å². The number of rotatable bonds is 11. The molecule has 0 radical (unpaired) electrons. The van der Waals surface area contributed by atoms with Crippen molar-refractivity contribution < 1.29 is 5.11 Å². The van der Waals surface area contributed by atoms with Gasteiger partial charge in [-0.05, 0) is 50.7 Å². The van der Waals surface area contributed by atoms with Gasteiger partial charge in [0.05, 0.1) is 6.61 Å². The van der Waals surface area contributed by atoms with Crippen molar-refractivity contribution in [3.05, 3.63) is 21.9 Å². The number of thiophene rings is 1. The molecule has 3 N–H and O–H groups in total. The topological polar surface area (TPSA) is 46.2 Å². The van der Waals surface area contributed by atoms with Gasteiger partial charge in [-0.2, -0.15) is 0 Å². The highest BCUT2D eigenvalue weighted by Gasteiger charge is 2.17. The molecular formula is C21H37NOS. The second-order valence-corrected chi connectivity index (χ2v) is 9.39. The summed E-state index contributed by atoms with van der Waals surface area (Å²) in [6.07, 6.45) is 17.5. The number of hydrogen-bond donors (Lipinski definition) is 2. The third-order valence-electron chi connectivity index (χ3n) is 5.53. The molecule has 24 heavy (non-hydrogen) atoms. The molecule has 1 aliphatic carbocycles. The van der Waals surface area contributed by atoms with Gasteiger partial charge in [-0.15, -0.1) is 11.3 Å². The second kappa shape index (κ2) is 10.6. The molecule has 1 fully saturated rings. The number of aliphatic hydroxyl groups is 1. The zero-order valence-corrected chi connectivity index (χ0v) is 16.4. The minimum Gasteiger partial charge on any atom is -0.394 e. The lowest BCUT2D eigenvalue weighted by atomic mass is 9.85. The van der Waals surface area contributed by atoms with Crippen LogP contribution in [0.25, 0.3) is 0 Å². The van der Waals surface area contributed by atoms with Crippen LogP contribution in [-0.4, -0.2) is 17.3 Å². The molecule has 0 spiro atoms. The molecule has 2 nitrogen and oxygen atoms in total. The van der Waals surface area contributed by atoms with Crippen molar-refractivity contribution in [3.63, 3.8) is 0 Å². The summed E-state index contributed by atoms with van der Waals surface area (Å²) >= 11 is 1.93. The summed E-state index contributed by atoms with van der Waals surface area (Å²) in [5.74, 6) is 1.05. The Hall–Kier alpha value is -0.380. The van der Waals surface area contributed by atoms with E-state index in [0.717, 1.165) is 18.8 Å². The van der Waals surface area contributed by atoms with Crippen LogP contribution in [-0.2, 0) is 12.8 Å². The monoisotopic (exact) mass is 351 g/mol. The van der Waals surface area contributed by atoms with E-state index in [-0.39, 0.29) is 6.61 Å². The van der Waals surface area contributed by atoms with Gasteiger partial charge in [0.1, 0.15) is 0 Å². The van der Waals surface area contributed by atoms with Crippen LogP contribution in [0.1, 0.15) is 87.3 Å². The highest BCUT2D eigenvalue weighted by molar-refractivity contribution is 7.11. The van der Waals surface area contributed by atoms with Gasteiger partial charge in [0.2, 0.25) is 0 Å². The van der Waals surface area contributed by atoms with E-state index in [1.54, 1.807) is 0 Å². The first-order chi connectivity index (χ1) is 11.6. The fourth-order valence-corrected chi connectivity index (χ4v) is 4.80. The van der Waals surface area contributed by atoms with Crippen molar-refractivity contribution in [2.24, 2.45) is 11.7 Å². The Bertz CT molecular complexity index is 448. The van der Waals surface area contributed by atoms with E-state index in [1.807, 2.05) is 18.3 Å². The highest BCUT2D eigenvalue weighted by atomic mass is 32.1. The van der Waals surface area contributed by atoms with Crippen molar-refractivity contribution in [2.75, 3.05) is 6.61 Å². The molecule has 0 aliphatic heterocycles. The molecule has 138 valence electrons. The predicted octanol–water partition coefficient (Wildman–Crippen LogP) is 5.46. The first-order valence-electron chi connectivity index (χ1n) is 10.1. The SMILES string of the molecule is CC(N)(CO)CCc1ccc(CCCCCCC2CCCCC2)s1. The van der Waals surface area contributed by atoms with E-state index in [2.05, 4.69) is 12.1 Å². The minimum atomic E-state index is -0.442. The molecule has 1 aliphatic rings. The zero-order chi connectivity index (χ0) is 17.3. The summed E-state index contributed by atoms with van der Waals surface area (Å²) in [6.45, 7) is 1.99. The number of hydrogen-bond acceptors (Lipinski definition) is 3. The van der Waals surface area contributed by atoms with E-state index in [9.17, 15) is 5.11 Å². The van der Waals surface area contributed by atoms with Gasteiger partial charge in [0, 0.05) is 15.3 Å². The molecule has 0 amide bonds. The third-order valence-corrected chi connectivity index (χ3v) is 6.74. The maximum absolute atomic E-state index is 9.23. The van der Waals surface area contributed by atoms with Crippen molar-refractivity contribution in [1.82, 2.24) is 0 Å². The maximum Gasteiger partial charge on any atom is 0.0608 e. The standard InChI is InChI=1S/C21H37NOS/c1-21(22,17-23)16-15-20-14-13-19(24-20)12-8-3-2-5-9-18-10-6-4-7-11-18/h13-14,18,23H,2-12,15-17,22H2,1H3. The Kier molecular flexibility index (Phi) is 8.79. The lowest BCUT2D eigenvalue weighted by Crippen LogP contribution is -2.40. The van der Waals surface area contributed by atoms with Crippen LogP contribution < -0.4 is 5.73 Å². The van der Waals surface area contributed by atoms with E-state index in [1.165, 1.54) is 80.4 Å². The fourth-order valence-electron chi connectivity index (χ4n) is 3.74. The molecular weight excluding hydrogens is 314 g/mol. The molecule has 1 aromatic heterocycles. The van der Waals surface area contributed by atoms with Crippen LogP contribution in [0, 0.1) is 5.92 Å². The van der Waals surface area contributed by atoms with Gasteiger partial charge < -0.3 is 10.8 Å². The Morgan fingerprint density at radius 1 is 1.04 bits per heavy atom. The number of aliphatic hydroxyl groups excluding tert-OH is 1. The number of unbranched alkanes of at least 4 members (excludes halogenated alkanes) is 3. The smallest absolute Gasteiger partial charge is 0.0608 e. The number of aryl methyl sites for hydroxylation is 2. The normalized spacial score (nSPS) is 18.6. The second-order valence-electron chi connectivity index (χ2n) is 8.14. The van der Waals surface area contributed by atoms with Crippen LogP contribution in [0.15, 0.2) is 12.1 Å². The lowest BCUT2D eigenvalue weighted by Gasteiger charge is -2.21. The molecule has 0 aromatic carbocycles. The molecule has 3 heteroatoms. The zero-order valence-electron chi connectivity index (χ0n) is 15.6. The summed E-state index contributed by atoms with van der Waals surface area (Å²) in [5.41, 5.74) is 5.56. The molecule has 1 saturated carbocycles. The average Bonchev–Trinajstić information content (AvgIpc) is 3.05. The van der Waals surface area contributed by atoms with Crippen LogP contribution >= 0.6 is 11.3 Å². The Balaban J connectivity index is 1.53. The Morgan fingerprint density at radius 2 is 1.71 bits per heavy atom. The molecule has 0 saturated heterocycles. The maximum atomic E-state index is 9.23. The minimum absolute atomic E-state index is 0.0616. The van der Waals surface area contributed by atoms with E-state index in [4.69, 9.17) is 5.73 Å². The largest absolute Gasteiger partial charge is 0.394 e. The van der Waals surface area contributed by atoms with Crippen molar-refractivity contribution in [1.29, 1.82) is 0 Å². The Morgan fingerprint density at radius 3 is 2.42 bits per heavy atom. The van der Waals surface area contributed by atoms with Crippen LogP contribution in [0.3, 0.4) is 0 Å². The molecule has 0 bridgehead atoms. The number of nitrogens with two attached hydrogens (primary N) is 1. The molecule has 2 rings (SSSR count). The average molecular weight is 352 g/mol. The van der Waals surface area contributed by atoms with Gasteiger partial charge in [0.15, 0.2) is 0 Å². The quantitative estimate of drug-likeness (QED) is 0.520. The molecule has 1 aromatic rings. The van der Waals surface area contributed by atoms with Gasteiger partial charge in [-0.3, -0.25) is 0 Å². The third kappa shape index (κ3) is 7.67. The van der Waals surface area contributed by atoms with Crippen molar-refractivity contribution in [3.8, 4) is 0 Å². The highest BCUT2D eigenvalue weighted by Crippen LogP contribution is 2.28. The summed E-state index contributed by atoms with van der Waals surface area (Å²) in [7, 11) is 0. The van der Waals surface area contributed by atoms with E-state index < -0.39 is 5.54 Å². The molecule has 1 unspecified atom stereocenters. The fraction of sp³-hybridized carbons (Fsp3) is 0.810. The molecule has 1 atom stereocenters. The van der Waals surface area contributed by atoms with Gasteiger partial charge in [0.25, 0.3) is 0 Å². The van der Waals surface area contributed by atoms with Crippen LogP contribution in [0.4, 0.5) is 0 Å². The van der Waals surface area contributed by atoms with E-state index in [0.29, 0.717) is 0 Å². The summed E-state index contributed by atoms with van der Waals surface area (Å²) < 4.78 is 0. The van der Waals surface area contributed by atoms with E-state index >= 15 is 0 Å².